The summed E-state index contributed by atoms with van der Waals surface area (Å²) >= 11 is 0. The average Bonchev–Trinajstić information content (AvgIpc) is 2.19. The van der Waals surface area contributed by atoms with E-state index in [-0.39, 0.29) is 0 Å². The van der Waals surface area contributed by atoms with E-state index >= 15 is 0 Å². The van der Waals surface area contributed by atoms with Gasteiger partial charge in [-0.2, -0.15) is 0 Å². The van der Waals surface area contributed by atoms with Gasteiger partial charge in [0.05, 0.1) is 0 Å². The molecule has 2 atom stereocenters. The van der Waals surface area contributed by atoms with Gasteiger partial charge in [-0.3, -0.25) is 0 Å². The highest BCUT2D eigenvalue weighted by Gasteiger charge is 2.11. The Labute approximate surface area is 86.8 Å². The van der Waals surface area contributed by atoms with E-state index in [0.29, 0.717) is 18.4 Å². The van der Waals surface area contributed by atoms with Crippen molar-refractivity contribution in [1.82, 2.24) is 0 Å². The standard InChI is InChI=1S/C13H20O/c1-11(8-9-14)12(2)10-13-6-4-3-5-7-13/h3-7,11-12,14H,8-10H2,1-2H3/t11-,12+/m0/s1. The fourth-order valence-electron chi connectivity index (χ4n) is 1.68. The second-order valence-corrected chi connectivity index (χ2v) is 4.16. The highest BCUT2D eigenvalue weighted by Crippen LogP contribution is 2.19. The van der Waals surface area contributed by atoms with Crippen LogP contribution in [0.5, 0.6) is 0 Å². The molecule has 0 spiro atoms. The normalized spacial score (nSPS) is 15.1. The Kier molecular flexibility index (Phi) is 4.68. The van der Waals surface area contributed by atoms with Crippen LogP contribution >= 0.6 is 0 Å². The Morgan fingerprint density at radius 2 is 1.71 bits per heavy atom. The van der Waals surface area contributed by atoms with Crippen molar-refractivity contribution in [3.63, 3.8) is 0 Å². The van der Waals surface area contributed by atoms with Gasteiger partial charge in [-0.15, -0.1) is 0 Å². The minimum Gasteiger partial charge on any atom is -0.396 e. The van der Waals surface area contributed by atoms with Crippen molar-refractivity contribution in [2.24, 2.45) is 11.8 Å². The smallest absolute Gasteiger partial charge is 0.0433 e. The summed E-state index contributed by atoms with van der Waals surface area (Å²) in [5, 5.41) is 8.85. The van der Waals surface area contributed by atoms with Crippen molar-refractivity contribution in [1.29, 1.82) is 0 Å². The molecule has 0 amide bonds. The molecule has 78 valence electrons. The molecule has 0 aliphatic heterocycles. The van der Waals surface area contributed by atoms with Crippen LogP contribution < -0.4 is 0 Å². The first kappa shape index (κ1) is 11.3. The topological polar surface area (TPSA) is 20.2 Å². The van der Waals surface area contributed by atoms with Gasteiger partial charge in [0, 0.05) is 6.61 Å². The van der Waals surface area contributed by atoms with Gasteiger partial charge in [-0.05, 0) is 30.2 Å². The summed E-state index contributed by atoms with van der Waals surface area (Å²) in [4.78, 5) is 0. The molecule has 14 heavy (non-hydrogen) atoms. The van der Waals surface area contributed by atoms with Crippen LogP contribution in [0, 0.1) is 11.8 Å². The lowest BCUT2D eigenvalue weighted by atomic mass is 9.88. The predicted molar refractivity (Wildman–Crippen MR) is 60.2 cm³/mol. The molecule has 0 aromatic heterocycles. The van der Waals surface area contributed by atoms with Crippen LogP contribution in [-0.2, 0) is 6.42 Å². The Bertz CT molecular complexity index is 243. The summed E-state index contributed by atoms with van der Waals surface area (Å²) in [5.74, 6) is 1.24. The van der Waals surface area contributed by atoms with Gasteiger partial charge in [0.15, 0.2) is 0 Å². The van der Waals surface area contributed by atoms with Gasteiger partial charge >= 0.3 is 0 Å². The van der Waals surface area contributed by atoms with Crippen LogP contribution in [0.2, 0.25) is 0 Å². The fraction of sp³-hybridized carbons (Fsp3) is 0.538. The van der Waals surface area contributed by atoms with Crippen molar-refractivity contribution >= 4 is 0 Å². The van der Waals surface area contributed by atoms with Crippen molar-refractivity contribution in [2.75, 3.05) is 6.61 Å². The van der Waals surface area contributed by atoms with Gasteiger partial charge in [-0.1, -0.05) is 44.2 Å². The lowest BCUT2D eigenvalue weighted by Gasteiger charge is -2.18. The van der Waals surface area contributed by atoms with Crippen LogP contribution in [0.3, 0.4) is 0 Å². The fourth-order valence-corrected chi connectivity index (χ4v) is 1.68. The Hall–Kier alpha value is -0.820. The van der Waals surface area contributed by atoms with Crippen LogP contribution in [0.1, 0.15) is 25.8 Å². The number of aliphatic hydroxyl groups is 1. The summed E-state index contributed by atoms with van der Waals surface area (Å²) in [6.07, 6.45) is 2.02. The molecular weight excluding hydrogens is 172 g/mol. The maximum absolute atomic E-state index is 8.85. The van der Waals surface area contributed by atoms with Crippen molar-refractivity contribution in [3.8, 4) is 0 Å². The van der Waals surface area contributed by atoms with E-state index in [1.165, 1.54) is 5.56 Å². The number of aliphatic hydroxyl groups excluding tert-OH is 1. The molecule has 1 nitrogen and oxygen atoms in total. The summed E-state index contributed by atoms with van der Waals surface area (Å²) < 4.78 is 0. The third-order valence-corrected chi connectivity index (χ3v) is 2.96. The molecule has 0 saturated heterocycles. The molecule has 0 heterocycles. The maximum Gasteiger partial charge on any atom is 0.0433 e. The predicted octanol–water partition coefficient (Wildman–Crippen LogP) is 2.88. The summed E-state index contributed by atoms with van der Waals surface area (Å²) in [6.45, 7) is 4.78. The van der Waals surface area contributed by atoms with Crippen molar-refractivity contribution in [3.05, 3.63) is 35.9 Å². The van der Waals surface area contributed by atoms with Crippen molar-refractivity contribution in [2.45, 2.75) is 26.7 Å². The zero-order chi connectivity index (χ0) is 10.4. The number of benzene rings is 1. The minimum absolute atomic E-state index is 0.306. The number of rotatable bonds is 5. The van der Waals surface area contributed by atoms with Crippen molar-refractivity contribution < 1.29 is 5.11 Å². The van der Waals surface area contributed by atoms with Gasteiger partial charge < -0.3 is 5.11 Å². The van der Waals surface area contributed by atoms with E-state index in [1.807, 2.05) is 6.07 Å². The molecule has 1 heteroatoms. The Balaban J connectivity index is 2.44. The molecule has 0 unspecified atom stereocenters. The van der Waals surface area contributed by atoms with E-state index in [9.17, 15) is 0 Å². The zero-order valence-electron chi connectivity index (χ0n) is 9.11. The summed E-state index contributed by atoms with van der Waals surface area (Å²) in [5.41, 5.74) is 1.39. The lowest BCUT2D eigenvalue weighted by Crippen LogP contribution is -2.12. The monoisotopic (exact) mass is 192 g/mol. The molecule has 1 rings (SSSR count). The molecule has 1 aromatic rings. The SMILES string of the molecule is C[C@H](Cc1ccccc1)[C@@H](C)CCO. The van der Waals surface area contributed by atoms with E-state index < -0.39 is 0 Å². The minimum atomic E-state index is 0.306. The quantitative estimate of drug-likeness (QED) is 0.760. The number of hydrogen-bond acceptors (Lipinski definition) is 1. The first-order valence-corrected chi connectivity index (χ1v) is 5.38. The maximum atomic E-state index is 8.85. The highest BCUT2D eigenvalue weighted by molar-refractivity contribution is 5.15. The van der Waals surface area contributed by atoms with E-state index in [4.69, 9.17) is 5.11 Å². The Morgan fingerprint density at radius 1 is 1.07 bits per heavy atom. The van der Waals surface area contributed by atoms with Gasteiger partial charge in [0.2, 0.25) is 0 Å². The van der Waals surface area contributed by atoms with E-state index in [1.54, 1.807) is 0 Å². The van der Waals surface area contributed by atoms with Gasteiger partial charge in [0.25, 0.3) is 0 Å². The first-order chi connectivity index (χ1) is 6.74. The van der Waals surface area contributed by atoms with E-state index in [2.05, 4.69) is 38.1 Å². The van der Waals surface area contributed by atoms with Crippen LogP contribution in [0.15, 0.2) is 30.3 Å². The second-order valence-electron chi connectivity index (χ2n) is 4.16. The largest absolute Gasteiger partial charge is 0.396 e. The molecule has 0 radical (unpaired) electrons. The average molecular weight is 192 g/mol. The van der Waals surface area contributed by atoms with Crippen LogP contribution in [-0.4, -0.2) is 11.7 Å². The highest BCUT2D eigenvalue weighted by atomic mass is 16.3. The van der Waals surface area contributed by atoms with Gasteiger partial charge in [0.1, 0.15) is 0 Å². The molecule has 0 bridgehead atoms. The zero-order valence-corrected chi connectivity index (χ0v) is 9.11. The lowest BCUT2D eigenvalue weighted by molar-refractivity contribution is 0.234. The third-order valence-electron chi connectivity index (χ3n) is 2.96. The van der Waals surface area contributed by atoms with E-state index in [0.717, 1.165) is 12.8 Å². The Morgan fingerprint density at radius 3 is 2.29 bits per heavy atom. The summed E-state index contributed by atoms with van der Waals surface area (Å²) in [7, 11) is 0. The van der Waals surface area contributed by atoms with Gasteiger partial charge in [-0.25, -0.2) is 0 Å². The molecule has 0 aliphatic carbocycles. The first-order valence-electron chi connectivity index (χ1n) is 5.38. The molecular formula is C13H20O. The van der Waals surface area contributed by atoms with Crippen LogP contribution in [0.25, 0.3) is 0 Å². The molecule has 0 fully saturated rings. The molecule has 0 aliphatic rings. The molecule has 1 aromatic carbocycles. The third kappa shape index (κ3) is 3.51. The summed E-state index contributed by atoms with van der Waals surface area (Å²) in [6, 6.07) is 10.5. The molecule has 1 N–H and O–H groups in total. The van der Waals surface area contributed by atoms with Crippen LogP contribution in [0.4, 0.5) is 0 Å². The molecule has 0 saturated carbocycles. The second kappa shape index (κ2) is 5.82. The number of hydrogen-bond donors (Lipinski definition) is 1.